The van der Waals surface area contributed by atoms with Gasteiger partial charge in [-0.05, 0) is 73.6 Å². The molecule has 0 aliphatic rings. The zero-order valence-corrected chi connectivity index (χ0v) is 32.7. The van der Waals surface area contributed by atoms with Crippen LogP contribution in [0, 0.1) is 0 Å². The maximum atomic E-state index is 12.5. The van der Waals surface area contributed by atoms with Crippen LogP contribution in [0.4, 0.5) is 11.6 Å². The summed E-state index contributed by atoms with van der Waals surface area (Å²) in [7, 11) is 0. The van der Waals surface area contributed by atoms with E-state index in [-0.39, 0.29) is 41.2 Å². The highest BCUT2D eigenvalue weighted by molar-refractivity contribution is 6.31. The minimum atomic E-state index is -1.67. The average Bonchev–Trinajstić information content (AvgIpc) is 3.18. The summed E-state index contributed by atoms with van der Waals surface area (Å²) in [5.41, 5.74) is 19.2. The number of nitrogens with zero attached hydrogens (tertiary/aromatic N) is 4. The number of guanidine groups is 1. The Morgan fingerprint density at radius 1 is 0.911 bits per heavy atom. The maximum absolute atomic E-state index is 12.5. The van der Waals surface area contributed by atoms with Crippen LogP contribution in [0.1, 0.15) is 73.5 Å². The Morgan fingerprint density at radius 2 is 1.59 bits per heavy atom. The summed E-state index contributed by atoms with van der Waals surface area (Å²) >= 11 is 5.86. The Kier molecular flexibility index (Phi) is 20.2. The average molecular weight is 803 g/mol. The molecule has 2 aromatic carbocycles. The molecule has 14 N–H and O–H groups in total. The van der Waals surface area contributed by atoms with Crippen LogP contribution >= 0.6 is 11.6 Å². The van der Waals surface area contributed by atoms with Crippen LogP contribution in [0.3, 0.4) is 0 Å². The van der Waals surface area contributed by atoms with Gasteiger partial charge in [-0.1, -0.05) is 74.2 Å². The Balaban J connectivity index is 1.54. The molecule has 3 rings (SSSR count). The van der Waals surface area contributed by atoms with Crippen LogP contribution < -0.4 is 33.2 Å². The van der Waals surface area contributed by atoms with Gasteiger partial charge in [-0.15, -0.1) is 0 Å². The SMILES string of the molecule is CCCCCCN(CCCN[C@@H](Cc1ccc(CCCCN=C(N)NC(=O)c2nc(Cl)c(N)nc2N)c2ccccc12)NC=O)C[C@H](O)[C@@H](O)[C@H](O)[C@H](O)CO. The Hall–Kier alpha value is -4.20. The Labute approximate surface area is 332 Å². The molecule has 0 spiro atoms. The van der Waals surface area contributed by atoms with E-state index in [0.29, 0.717) is 51.9 Å². The molecule has 310 valence electrons. The third kappa shape index (κ3) is 14.7. The van der Waals surface area contributed by atoms with Gasteiger partial charge in [0.15, 0.2) is 28.4 Å². The molecule has 0 unspecified atom stereocenters. The highest BCUT2D eigenvalue weighted by Gasteiger charge is 2.31. The summed E-state index contributed by atoms with van der Waals surface area (Å²) in [6, 6.07) is 12.3. The number of halogens is 1. The molecule has 3 aromatic rings. The first kappa shape index (κ1) is 46.2. The van der Waals surface area contributed by atoms with E-state index in [1.165, 1.54) is 5.56 Å². The van der Waals surface area contributed by atoms with Crippen LogP contribution in [0.5, 0.6) is 0 Å². The highest BCUT2D eigenvalue weighted by atomic mass is 35.5. The molecule has 1 aromatic heterocycles. The number of unbranched alkanes of at least 4 members (excludes halogenated alkanes) is 4. The number of aromatic nitrogens is 2. The van der Waals surface area contributed by atoms with Gasteiger partial charge in [0.2, 0.25) is 6.41 Å². The molecular formula is C38H59ClN10O7. The van der Waals surface area contributed by atoms with Crippen LogP contribution in [0.2, 0.25) is 5.15 Å². The number of nitrogen functional groups attached to an aromatic ring is 2. The van der Waals surface area contributed by atoms with E-state index in [0.717, 1.165) is 54.9 Å². The van der Waals surface area contributed by atoms with Gasteiger partial charge in [0.1, 0.15) is 18.3 Å². The van der Waals surface area contributed by atoms with Gasteiger partial charge in [-0.3, -0.25) is 25.2 Å². The number of aryl methyl sites for hydroxylation is 1. The van der Waals surface area contributed by atoms with E-state index in [4.69, 9.17) is 33.9 Å². The van der Waals surface area contributed by atoms with Crippen molar-refractivity contribution in [3.63, 3.8) is 0 Å². The van der Waals surface area contributed by atoms with E-state index in [1.807, 2.05) is 17.0 Å². The lowest BCUT2D eigenvalue weighted by Gasteiger charge is -2.30. The molecule has 0 radical (unpaired) electrons. The fourth-order valence-electron chi connectivity index (χ4n) is 6.33. The van der Waals surface area contributed by atoms with Crippen LogP contribution in [-0.4, -0.2) is 129 Å². The molecule has 18 heteroatoms. The van der Waals surface area contributed by atoms with E-state index in [1.54, 1.807) is 0 Å². The normalized spacial score (nSPS) is 14.7. The number of rotatable bonds is 26. The maximum Gasteiger partial charge on any atom is 0.280 e. The number of nitrogens with two attached hydrogens (primary N) is 3. The minimum Gasteiger partial charge on any atom is -0.394 e. The monoisotopic (exact) mass is 802 g/mol. The number of hydrogen-bond donors (Lipinski definition) is 11. The molecule has 0 aliphatic heterocycles. The minimum absolute atomic E-state index is 0.0861. The number of anilines is 2. The summed E-state index contributed by atoms with van der Waals surface area (Å²) in [6.07, 6.45) is 1.78. The summed E-state index contributed by atoms with van der Waals surface area (Å²) in [5, 5.41) is 60.7. The largest absolute Gasteiger partial charge is 0.394 e. The first-order valence-corrected chi connectivity index (χ1v) is 19.5. The summed E-state index contributed by atoms with van der Waals surface area (Å²) in [6.45, 7) is 3.69. The first-order valence-electron chi connectivity index (χ1n) is 19.1. The van der Waals surface area contributed by atoms with Crippen molar-refractivity contribution in [2.24, 2.45) is 10.7 Å². The highest BCUT2D eigenvalue weighted by Crippen LogP contribution is 2.25. The fourth-order valence-corrected chi connectivity index (χ4v) is 6.46. The number of aliphatic hydroxyl groups is 5. The second-order valence-corrected chi connectivity index (χ2v) is 14.1. The third-order valence-corrected chi connectivity index (χ3v) is 9.71. The molecule has 17 nitrogen and oxygen atoms in total. The molecule has 0 fully saturated rings. The molecule has 5 atom stereocenters. The van der Waals surface area contributed by atoms with E-state index >= 15 is 0 Å². The number of nitrogens with one attached hydrogen (secondary N) is 3. The number of fused-ring (bicyclic) bond motifs is 1. The van der Waals surface area contributed by atoms with E-state index in [2.05, 4.69) is 62.1 Å². The second-order valence-electron chi connectivity index (χ2n) is 13.7. The third-order valence-electron chi connectivity index (χ3n) is 9.44. The zero-order chi connectivity index (χ0) is 41.0. The number of carbonyl (C=O) groups is 2. The van der Waals surface area contributed by atoms with Gasteiger partial charge in [-0.25, -0.2) is 9.97 Å². The number of amides is 2. The van der Waals surface area contributed by atoms with Crippen molar-refractivity contribution in [3.05, 3.63) is 58.4 Å². The molecule has 0 saturated heterocycles. The van der Waals surface area contributed by atoms with Crippen molar-refractivity contribution in [3.8, 4) is 0 Å². The van der Waals surface area contributed by atoms with Crippen molar-refractivity contribution in [2.45, 2.75) is 95.3 Å². The lowest BCUT2D eigenvalue weighted by atomic mass is 9.94. The predicted octanol–water partition coefficient (Wildman–Crippen LogP) is 0.428. The van der Waals surface area contributed by atoms with Gasteiger partial charge in [0.05, 0.1) is 18.9 Å². The standard InChI is InChI=1S/C38H59ClN10O7/c1-2-3-4-9-18-49(21-28(52)32(54)33(55)29(53)22-50)19-10-17-43-30(45-23-51)20-25-15-14-24(26-12-5-6-13-27(25)26)11-7-8-16-44-38(42)48-37(56)31-35(40)47-36(41)34(39)46-31/h5-6,12-15,23,28-30,32-33,43,50,52-55H,2-4,7-11,16-22H2,1H3,(H,45,51)(H4,40,41,47)(H3,42,44,48,56)/t28-,29+,30+,32+,33+/m0/s1. The number of aliphatic hydroxyl groups excluding tert-OH is 5. The van der Waals surface area contributed by atoms with Gasteiger partial charge in [-0.2, -0.15) is 0 Å². The second kappa shape index (κ2) is 24.4. The fraction of sp³-hybridized carbons (Fsp3) is 0.553. The van der Waals surface area contributed by atoms with E-state index in [9.17, 15) is 30.0 Å². The van der Waals surface area contributed by atoms with Gasteiger partial charge in [0.25, 0.3) is 5.91 Å². The Bertz CT molecular complexity index is 1700. The van der Waals surface area contributed by atoms with E-state index < -0.39 is 36.9 Å². The molecular weight excluding hydrogens is 744 g/mol. The molecule has 0 aliphatic carbocycles. The van der Waals surface area contributed by atoms with Crippen molar-refractivity contribution in [2.75, 3.05) is 50.8 Å². The summed E-state index contributed by atoms with van der Waals surface area (Å²) in [4.78, 5) is 38.0. The van der Waals surface area contributed by atoms with Crippen LogP contribution in [-0.2, 0) is 17.6 Å². The summed E-state index contributed by atoms with van der Waals surface area (Å²) in [5.74, 6) is -1.05. The van der Waals surface area contributed by atoms with Crippen molar-refractivity contribution >= 4 is 52.3 Å². The predicted molar refractivity (Wildman–Crippen MR) is 218 cm³/mol. The molecule has 0 saturated carbocycles. The summed E-state index contributed by atoms with van der Waals surface area (Å²) < 4.78 is 0. The van der Waals surface area contributed by atoms with Crippen molar-refractivity contribution in [1.29, 1.82) is 0 Å². The van der Waals surface area contributed by atoms with Crippen LogP contribution in [0.25, 0.3) is 10.8 Å². The van der Waals surface area contributed by atoms with Crippen LogP contribution in [0.15, 0.2) is 41.4 Å². The molecule has 56 heavy (non-hydrogen) atoms. The van der Waals surface area contributed by atoms with Crippen molar-refractivity contribution < 1.29 is 35.1 Å². The van der Waals surface area contributed by atoms with Gasteiger partial charge in [0, 0.05) is 19.5 Å². The first-order chi connectivity index (χ1) is 26.9. The quantitative estimate of drug-likeness (QED) is 0.0173. The smallest absolute Gasteiger partial charge is 0.280 e. The van der Waals surface area contributed by atoms with Crippen molar-refractivity contribution in [1.82, 2.24) is 30.8 Å². The number of benzene rings is 2. The molecule has 0 bridgehead atoms. The number of carbonyl (C=O) groups excluding carboxylic acids is 2. The lowest BCUT2D eigenvalue weighted by molar-refractivity contribution is -0.119. The topological polar surface area (TPSA) is 291 Å². The lowest BCUT2D eigenvalue weighted by Crippen LogP contribution is -2.50. The Morgan fingerprint density at radius 3 is 2.29 bits per heavy atom. The van der Waals surface area contributed by atoms with Gasteiger partial charge < -0.3 is 53.0 Å². The zero-order valence-electron chi connectivity index (χ0n) is 32.0. The number of aliphatic imine (C=N–C) groups is 1. The van der Waals surface area contributed by atoms with Gasteiger partial charge >= 0.3 is 0 Å². The molecule has 1 heterocycles. The molecule has 2 amide bonds. The number of hydrogen-bond acceptors (Lipinski definition) is 14.